The van der Waals surface area contributed by atoms with Gasteiger partial charge in [-0.25, -0.2) is 4.79 Å². The number of thioether (sulfide) groups is 1. The van der Waals surface area contributed by atoms with Crippen LogP contribution < -0.4 is 11.2 Å². The van der Waals surface area contributed by atoms with Crippen LogP contribution in [0.15, 0.2) is 15.8 Å². The lowest BCUT2D eigenvalue weighted by Gasteiger charge is -2.13. The van der Waals surface area contributed by atoms with Crippen LogP contribution in [0.1, 0.15) is 30.7 Å². The molecule has 0 aliphatic carbocycles. The molecular weight excluding hydrogens is 268 g/mol. The van der Waals surface area contributed by atoms with Gasteiger partial charge in [-0.1, -0.05) is 13.3 Å². The van der Waals surface area contributed by atoms with E-state index in [2.05, 4.69) is 4.98 Å². The standard InChI is InChI=1S/C12H18N2O4S/c1-2-3-7-5-14(12(18)13-11(7)17)10-4-8(16)9(6-15)19-10/h5,8-10,15-16H,2-4,6H2,1H3,(H,13,17,18)/t8?,9?,10-/m1/s1. The van der Waals surface area contributed by atoms with Crippen molar-refractivity contribution in [2.45, 2.75) is 42.9 Å². The van der Waals surface area contributed by atoms with Crippen molar-refractivity contribution in [1.29, 1.82) is 0 Å². The molecule has 2 rings (SSSR count). The predicted octanol–water partition coefficient (Wildman–Crippen LogP) is -0.154. The Morgan fingerprint density at radius 2 is 2.26 bits per heavy atom. The Balaban J connectivity index is 2.33. The van der Waals surface area contributed by atoms with Gasteiger partial charge in [-0.15, -0.1) is 11.8 Å². The van der Waals surface area contributed by atoms with Crippen molar-refractivity contribution in [2.75, 3.05) is 6.61 Å². The molecular formula is C12H18N2O4S. The first kappa shape index (κ1) is 14.4. The number of hydrogen-bond donors (Lipinski definition) is 3. The van der Waals surface area contributed by atoms with Gasteiger partial charge in [0.05, 0.1) is 23.3 Å². The van der Waals surface area contributed by atoms with Crippen molar-refractivity contribution in [3.63, 3.8) is 0 Å². The van der Waals surface area contributed by atoms with Gasteiger partial charge in [-0.3, -0.25) is 14.3 Å². The first-order chi connectivity index (χ1) is 9.06. The van der Waals surface area contributed by atoms with Gasteiger partial charge in [-0.2, -0.15) is 0 Å². The number of aryl methyl sites for hydroxylation is 1. The van der Waals surface area contributed by atoms with E-state index < -0.39 is 11.8 Å². The first-order valence-corrected chi connectivity index (χ1v) is 7.29. The number of rotatable bonds is 4. The van der Waals surface area contributed by atoms with Gasteiger partial charge in [0.1, 0.15) is 0 Å². The molecule has 1 aromatic heterocycles. The second kappa shape index (κ2) is 5.94. The molecule has 106 valence electrons. The molecule has 1 aliphatic heterocycles. The molecule has 0 aromatic carbocycles. The summed E-state index contributed by atoms with van der Waals surface area (Å²) in [6, 6.07) is 0. The molecule has 19 heavy (non-hydrogen) atoms. The number of aromatic amines is 1. The Morgan fingerprint density at radius 3 is 2.84 bits per heavy atom. The summed E-state index contributed by atoms with van der Waals surface area (Å²) >= 11 is 1.36. The largest absolute Gasteiger partial charge is 0.395 e. The maximum Gasteiger partial charge on any atom is 0.329 e. The predicted molar refractivity (Wildman–Crippen MR) is 73.4 cm³/mol. The van der Waals surface area contributed by atoms with Crippen molar-refractivity contribution in [2.24, 2.45) is 0 Å². The van der Waals surface area contributed by atoms with Crippen LogP contribution >= 0.6 is 11.8 Å². The molecule has 0 bridgehead atoms. The quantitative estimate of drug-likeness (QED) is 0.715. The highest BCUT2D eigenvalue weighted by atomic mass is 32.2. The van der Waals surface area contributed by atoms with Gasteiger partial charge < -0.3 is 10.2 Å². The number of H-pyrrole nitrogens is 1. The fraction of sp³-hybridized carbons (Fsp3) is 0.667. The maximum atomic E-state index is 11.8. The van der Waals surface area contributed by atoms with E-state index in [9.17, 15) is 14.7 Å². The van der Waals surface area contributed by atoms with Crippen molar-refractivity contribution < 1.29 is 10.2 Å². The molecule has 2 unspecified atom stereocenters. The molecule has 3 atom stereocenters. The van der Waals surface area contributed by atoms with Gasteiger partial charge in [0.15, 0.2) is 0 Å². The fourth-order valence-electron chi connectivity index (χ4n) is 2.24. The minimum Gasteiger partial charge on any atom is -0.395 e. The second-order valence-electron chi connectivity index (χ2n) is 4.69. The highest BCUT2D eigenvalue weighted by molar-refractivity contribution is 8.00. The number of aliphatic hydroxyl groups is 2. The molecule has 1 aromatic rings. The van der Waals surface area contributed by atoms with Crippen molar-refractivity contribution in [3.8, 4) is 0 Å². The Hall–Kier alpha value is -1.05. The highest BCUT2D eigenvalue weighted by Gasteiger charge is 2.34. The smallest absolute Gasteiger partial charge is 0.329 e. The van der Waals surface area contributed by atoms with Crippen molar-refractivity contribution in [3.05, 3.63) is 32.6 Å². The van der Waals surface area contributed by atoms with E-state index in [1.165, 1.54) is 16.3 Å². The molecule has 1 saturated heterocycles. The van der Waals surface area contributed by atoms with Crippen LogP contribution in [0, 0.1) is 0 Å². The lowest BCUT2D eigenvalue weighted by Crippen LogP contribution is -2.33. The third-order valence-corrected chi connectivity index (χ3v) is 4.80. The summed E-state index contributed by atoms with van der Waals surface area (Å²) in [5, 5.41) is 18.4. The van der Waals surface area contributed by atoms with E-state index in [-0.39, 0.29) is 22.8 Å². The highest BCUT2D eigenvalue weighted by Crippen LogP contribution is 2.40. The van der Waals surface area contributed by atoms with Crippen LogP contribution in [0.4, 0.5) is 0 Å². The molecule has 2 heterocycles. The van der Waals surface area contributed by atoms with Crippen LogP contribution in [-0.2, 0) is 6.42 Å². The van der Waals surface area contributed by atoms with Gasteiger partial charge in [0, 0.05) is 18.2 Å². The molecule has 1 aliphatic rings. The normalized spacial score (nSPS) is 26.8. The average molecular weight is 286 g/mol. The minimum atomic E-state index is -0.631. The second-order valence-corrected chi connectivity index (χ2v) is 6.11. The average Bonchev–Trinajstić information content (AvgIpc) is 2.74. The molecule has 0 amide bonds. The summed E-state index contributed by atoms with van der Waals surface area (Å²) in [7, 11) is 0. The van der Waals surface area contributed by atoms with Crippen LogP contribution in [0.25, 0.3) is 0 Å². The molecule has 6 nitrogen and oxygen atoms in total. The van der Waals surface area contributed by atoms with E-state index in [0.29, 0.717) is 18.4 Å². The van der Waals surface area contributed by atoms with Gasteiger partial charge in [0.25, 0.3) is 5.56 Å². The minimum absolute atomic E-state index is 0.123. The summed E-state index contributed by atoms with van der Waals surface area (Å²) in [4.78, 5) is 25.8. The van der Waals surface area contributed by atoms with Crippen LogP contribution in [-0.4, -0.2) is 37.7 Å². The van der Waals surface area contributed by atoms with Gasteiger partial charge in [-0.05, 0) is 6.42 Å². The van der Waals surface area contributed by atoms with Crippen molar-refractivity contribution >= 4 is 11.8 Å². The van der Waals surface area contributed by atoms with E-state index in [1.54, 1.807) is 6.20 Å². The Bertz CT molecular complexity index is 553. The SMILES string of the molecule is CCCc1cn([C@H]2CC(O)C(CO)S2)c(=O)[nH]c1=O. The lowest BCUT2D eigenvalue weighted by atomic mass is 10.2. The molecule has 0 spiro atoms. The number of hydrogen-bond acceptors (Lipinski definition) is 5. The Labute approximate surface area is 114 Å². The molecule has 1 fully saturated rings. The van der Waals surface area contributed by atoms with Crippen LogP contribution in [0.5, 0.6) is 0 Å². The van der Waals surface area contributed by atoms with Gasteiger partial charge >= 0.3 is 5.69 Å². The summed E-state index contributed by atoms with van der Waals surface area (Å²) in [5.74, 6) is 0. The Kier molecular flexibility index (Phi) is 4.49. The fourth-order valence-corrected chi connectivity index (χ4v) is 3.62. The van der Waals surface area contributed by atoms with Crippen molar-refractivity contribution in [1.82, 2.24) is 9.55 Å². The molecule has 7 heteroatoms. The summed E-state index contributed by atoms with van der Waals surface area (Å²) in [6.07, 6.45) is 2.77. The zero-order valence-corrected chi connectivity index (χ0v) is 11.5. The topological polar surface area (TPSA) is 95.3 Å². The zero-order valence-electron chi connectivity index (χ0n) is 10.7. The van der Waals surface area contributed by atoms with E-state index in [4.69, 9.17) is 5.11 Å². The third-order valence-electron chi connectivity index (χ3n) is 3.26. The van der Waals surface area contributed by atoms with E-state index in [0.717, 1.165) is 6.42 Å². The van der Waals surface area contributed by atoms with E-state index >= 15 is 0 Å². The van der Waals surface area contributed by atoms with Crippen LogP contribution in [0.3, 0.4) is 0 Å². The molecule has 3 N–H and O–H groups in total. The van der Waals surface area contributed by atoms with E-state index in [1.807, 2.05) is 6.92 Å². The lowest BCUT2D eigenvalue weighted by molar-refractivity contribution is 0.137. The summed E-state index contributed by atoms with van der Waals surface area (Å²) in [6.45, 7) is 1.84. The number of aromatic nitrogens is 2. The number of nitrogens with one attached hydrogen (secondary N) is 1. The number of nitrogens with zero attached hydrogens (tertiary/aromatic N) is 1. The number of aliphatic hydroxyl groups excluding tert-OH is 2. The van der Waals surface area contributed by atoms with Gasteiger partial charge in [0.2, 0.25) is 0 Å². The maximum absolute atomic E-state index is 11.8. The summed E-state index contributed by atoms with van der Waals surface area (Å²) in [5.41, 5.74) is -0.233. The Morgan fingerprint density at radius 1 is 1.53 bits per heavy atom. The molecule has 0 radical (unpaired) electrons. The third kappa shape index (κ3) is 2.93. The zero-order chi connectivity index (χ0) is 14.0. The first-order valence-electron chi connectivity index (χ1n) is 6.35. The monoisotopic (exact) mass is 286 g/mol. The summed E-state index contributed by atoms with van der Waals surface area (Å²) < 4.78 is 1.45. The molecule has 0 saturated carbocycles. The van der Waals surface area contributed by atoms with Crippen LogP contribution in [0.2, 0.25) is 0 Å².